The van der Waals surface area contributed by atoms with E-state index in [1.54, 1.807) is 0 Å². The van der Waals surface area contributed by atoms with Gasteiger partial charge >= 0.3 is 0 Å². The average molecular weight is 172 g/mol. The van der Waals surface area contributed by atoms with Crippen LogP contribution in [-0.2, 0) is 4.57 Å². The monoisotopic (exact) mass is 172 g/mol. The van der Waals surface area contributed by atoms with Crippen LogP contribution in [0.5, 0.6) is 0 Å². The molecule has 0 aromatic carbocycles. The fourth-order valence-electron chi connectivity index (χ4n) is 1.52. The highest BCUT2D eigenvalue weighted by molar-refractivity contribution is 7.64. The minimum atomic E-state index is -1.74. The van der Waals surface area contributed by atoms with Crippen LogP contribution in [0.1, 0.15) is 26.7 Å². The van der Waals surface area contributed by atoms with Gasteiger partial charge in [0.2, 0.25) is 0 Å². The maximum Gasteiger partial charge on any atom is 0.0951 e. The molecule has 0 N–H and O–H groups in total. The average Bonchev–Trinajstić information content (AvgIpc) is 2.28. The van der Waals surface area contributed by atoms with Gasteiger partial charge in [-0.05, 0) is 13.3 Å². The van der Waals surface area contributed by atoms with Crippen molar-refractivity contribution < 1.29 is 4.57 Å². The molecule has 0 fully saturated rings. The SMILES string of the molecule is CCCC[P@@]1(=O)CC=C(C)C1. The molecule has 0 aromatic rings. The predicted octanol–water partition coefficient (Wildman–Crippen LogP) is 3.11. The second kappa shape index (κ2) is 3.58. The maximum absolute atomic E-state index is 11.9. The summed E-state index contributed by atoms with van der Waals surface area (Å²) in [5.74, 6) is 0. The lowest BCUT2D eigenvalue weighted by Gasteiger charge is -2.09. The van der Waals surface area contributed by atoms with E-state index in [2.05, 4.69) is 19.9 Å². The van der Waals surface area contributed by atoms with E-state index in [1.807, 2.05) is 0 Å². The molecule has 1 atom stereocenters. The Labute approximate surface area is 69.3 Å². The van der Waals surface area contributed by atoms with Crippen molar-refractivity contribution in [1.82, 2.24) is 0 Å². The number of unbranched alkanes of at least 4 members (excludes halogenated alkanes) is 1. The summed E-state index contributed by atoms with van der Waals surface area (Å²) in [4.78, 5) is 0. The van der Waals surface area contributed by atoms with Gasteiger partial charge in [0.1, 0.15) is 0 Å². The van der Waals surface area contributed by atoms with E-state index >= 15 is 0 Å². The first-order valence-corrected chi connectivity index (χ1v) is 6.65. The number of hydrogen-bond donors (Lipinski definition) is 0. The largest absolute Gasteiger partial charge is 0.323 e. The van der Waals surface area contributed by atoms with Crippen molar-refractivity contribution in [3.8, 4) is 0 Å². The molecule has 0 amide bonds. The summed E-state index contributed by atoms with van der Waals surface area (Å²) in [6.07, 6.45) is 7.20. The molecule has 0 spiro atoms. The van der Waals surface area contributed by atoms with Gasteiger partial charge < -0.3 is 4.57 Å². The molecule has 1 nitrogen and oxygen atoms in total. The first-order valence-electron chi connectivity index (χ1n) is 4.39. The fourth-order valence-corrected chi connectivity index (χ4v) is 4.57. The third-order valence-electron chi connectivity index (χ3n) is 2.23. The Kier molecular flexibility index (Phi) is 2.95. The second-order valence-electron chi connectivity index (χ2n) is 3.53. The number of allylic oxidation sites excluding steroid dienone is 2. The van der Waals surface area contributed by atoms with Gasteiger partial charge in [0, 0.05) is 18.5 Å². The predicted molar refractivity (Wildman–Crippen MR) is 50.9 cm³/mol. The van der Waals surface area contributed by atoms with Crippen LogP contribution in [0.15, 0.2) is 11.6 Å². The Morgan fingerprint density at radius 2 is 2.36 bits per heavy atom. The zero-order chi connectivity index (χ0) is 8.32. The van der Waals surface area contributed by atoms with Crippen LogP contribution < -0.4 is 0 Å². The minimum Gasteiger partial charge on any atom is -0.323 e. The molecule has 0 aromatic heterocycles. The zero-order valence-corrected chi connectivity index (χ0v) is 8.36. The molecular weight excluding hydrogens is 155 g/mol. The number of hydrogen-bond acceptors (Lipinski definition) is 1. The van der Waals surface area contributed by atoms with E-state index in [-0.39, 0.29) is 0 Å². The summed E-state index contributed by atoms with van der Waals surface area (Å²) in [5, 5.41) is 0. The molecule has 2 heteroatoms. The highest BCUT2D eigenvalue weighted by Gasteiger charge is 2.24. The first kappa shape index (κ1) is 9.06. The molecular formula is C9H17OP. The maximum atomic E-state index is 11.9. The lowest BCUT2D eigenvalue weighted by Crippen LogP contribution is -1.92. The minimum absolute atomic E-state index is 0.874. The Morgan fingerprint density at radius 3 is 2.82 bits per heavy atom. The van der Waals surface area contributed by atoms with Crippen LogP contribution >= 0.6 is 7.14 Å². The van der Waals surface area contributed by atoms with E-state index in [0.29, 0.717) is 0 Å². The summed E-state index contributed by atoms with van der Waals surface area (Å²) in [5.41, 5.74) is 1.34. The normalized spacial score (nSPS) is 30.5. The van der Waals surface area contributed by atoms with Gasteiger partial charge in [-0.25, -0.2) is 0 Å². The first-order chi connectivity index (χ1) is 5.16. The van der Waals surface area contributed by atoms with Crippen molar-refractivity contribution in [2.24, 2.45) is 0 Å². The molecule has 0 saturated carbocycles. The molecule has 1 rings (SSSR count). The molecule has 64 valence electrons. The summed E-state index contributed by atoms with van der Waals surface area (Å²) >= 11 is 0. The van der Waals surface area contributed by atoms with Crippen molar-refractivity contribution in [2.45, 2.75) is 26.7 Å². The quantitative estimate of drug-likeness (QED) is 0.472. The molecule has 1 aliphatic rings. The van der Waals surface area contributed by atoms with Crippen LogP contribution in [0.3, 0.4) is 0 Å². The summed E-state index contributed by atoms with van der Waals surface area (Å²) in [6, 6.07) is 0. The van der Waals surface area contributed by atoms with E-state index < -0.39 is 7.14 Å². The van der Waals surface area contributed by atoms with Crippen LogP contribution in [0.2, 0.25) is 0 Å². The van der Waals surface area contributed by atoms with Crippen molar-refractivity contribution in [3.05, 3.63) is 11.6 Å². The van der Waals surface area contributed by atoms with Gasteiger partial charge in [-0.15, -0.1) is 0 Å². The standard InChI is InChI=1S/C9H17OP/c1-3-4-6-11(10)7-5-9(2)8-11/h5H,3-4,6-8H2,1-2H3/t11-/m1/s1. The summed E-state index contributed by atoms with van der Waals surface area (Å²) in [6.45, 7) is 4.24. The van der Waals surface area contributed by atoms with Crippen LogP contribution in [-0.4, -0.2) is 18.5 Å². The zero-order valence-electron chi connectivity index (χ0n) is 7.47. The lowest BCUT2D eigenvalue weighted by molar-refractivity contribution is 0.577. The smallest absolute Gasteiger partial charge is 0.0951 e. The highest BCUT2D eigenvalue weighted by Crippen LogP contribution is 2.51. The van der Waals surface area contributed by atoms with Crippen molar-refractivity contribution in [1.29, 1.82) is 0 Å². The van der Waals surface area contributed by atoms with Gasteiger partial charge in [-0.1, -0.05) is 25.0 Å². The Hall–Kier alpha value is -0.0300. The molecule has 0 unspecified atom stereocenters. The molecule has 0 bridgehead atoms. The Bertz CT molecular complexity index is 206. The van der Waals surface area contributed by atoms with Crippen LogP contribution in [0, 0.1) is 0 Å². The molecule has 0 radical (unpaired) electrons. The Balaban J connectivity index is 2.40. The molecule has 11 heavy (non-hydrogen) atoms. The molecule has 1 heterocycles. The van der Waals surface area contributed by atoms with Gasteiger partial charge in [-0.2, -0.15) is 0 Å². The third-order valence-corrected chi connectivity index (χ3v) is 5.28. The van der Waals surface area contributed by atoms with E-state index in [4.69, 9.17) is 0 Å². The van der Waals surface area contributed by atoms with Gasteiger partial charge in [0.15, 0.2) is 0 Å². The lowest BCUT2D eigenvalue weighted by atomic mass is 10.3. The molecule has 1 aliphatic heterocycles. The summed E-state index contributed by atoms with van der Waals surface area (Å²) in [7, 11) is -1.74. The van der Waals surface area contributed by atoms with Crippen LogP contribution in [0.25, 0.3) is 0 Å². The molecule has 0 saturated heterocycles. The fraction of sp³-hybridized carbons (Fsp3) is 0.778. The summed E-state index contributed by atoms with van der Waals surface area (Å²) < 4.78 is 11.9. The van der Waals surface area contributed by atoms with Gasteiger partial charge in [-0.3, -0.25) is 0 Å². The van der Waals surface area contributed by atoms with Crippen molar-refractivity contribution in [3.63, 3.8) is 0 Å². The molecule has 0 aliphatic carbocycles. The van der Waals surface area contributed by atoms with E-state index in [0.717, 1.165) is 24.9 Å². The second-order valence-corrected chi connectivity index (χ2v) is 6.77. The van der Waals surface area contributed by atoms with Crippen LogP contribution in [0.4, 0.5) is 0 Å². The van der Waals surface area contributed by atoms with E-state index in [9.17, 15) is 4.57 Å². The van der Waals surface area contributed by atoms with E-state index in [1.165, 1.54) is 12.0 Å². The Morgan fingerprint density at radius 1 is 1.64 bits per heavy atom. The van der Waals surface area contributed by atoms with Gasteiger partial charge in [0.05, 0.1) is 7.14 Å². The highest BCUT2D eigenvalue weighted by atomic mass is 31.2. The topological polar surface area (TPSA) is 17.1 Å². The van der Waals surface area contributed by atoms with Gasteiger partial charge in [0.25, 0.3) is 0 Å². The third kappa shape index (κ3) is 2.48. The number of rotatable bonds is 3. The van der Waals surface area contributed by atoms with Crippen molar-refractivity contribution in [2.75, 3.05) is 18.5 Å². The van der Waals surface area contributed by atoms with Crippen molar-refractivity contribution >= 4 is 7.14 Å².